The molecule has 2 aliphatic heterocycles. The first-order valence-electron chi connectivity index (χ1n) is 12.3. The summed E-state index contributed by atoms with van der Waals surface area (Å²) in [6.07, 6.45) is 4.60. The smallest absolute Gasteiger partial charge is 0.162 e. The number of carbonyl (C=O) groups is 2. The van der Waals surface area contributed by atoms with E-state index in [0.29, 0.717) is 36.1 Å². The summed E-state index contributed by atoms with van der Waals surface area (Å²) in [6.45, 7) is 10.0. The van der Waals surface area contributed by atoms with Crippen molar-refractivity contribution in [3.05, 3.63) is 52.4 Å². The van der Waals surface area contributed by atoms with Crippen LogP contribution in [0.15, 0.2) is 46.8 Å². The third kappa shape index (κ3) is 3.95. The van der Waals surface area contributed by atoms with E-state index in [0.717, 1.165) is 43.7 Å². The van der Waals surface area contributed by atoms with Crippen molar-refractivity contribution in [3.63, 3.8) is 0 Å². The van der Waals surface area contributed by atoms with Gasteiger partial charge in [-0.3, -0.25) is 9.59 Å². The first-order chi connectivity index (χ1) is 15.6. The first-order valence-corrected chi connectivity index (χ1v) is 12.3. The summed E-state index contributed by atoms with van der Waals surface area (Å²) in [7, 11) is 0. The Labute approximate surface area is 196 Å². The molecule has 1 aromatic carbocycles. The van der Waals surface area contributed by atoms with Crippen molar-refractivity contribution >= 4 is 11.6 Å². The second-order valence-corrected chi connectivity index (χ2v) is 11.8. The fourth-order valence-electron chi connectivity index (χ4n) is 6.30. The summed E-state index contributed by atoms with van der Waals surface area (Å²) in [5.74, 6) is -0.166. The van der Waals surface area contributed by atoms with Gasteiger partial charge in [-0.15, -0.1) is 0 Å². The van der Waals surface area contributed by atoms with Crippen LogP contribution in [-0.4, -0.2) is 40.8 Å². The number of ketones is 2. The highest BCUT2D eigenvalue weighted by Gasteiger charge is 2.49. The molecular weight excluding hydrogens is 414 g/mol. The van der Waals surface area contributed by atoms with Crippen molar-refractivity contribution in [2.24, 2.45) is 10.8 Å². The Bertz CT molecular complexity index is 1020. The number of allylic oxidation sites excluding steroid dienone is 4. The Morgan fingerprint density at radius 1 is 0.939 bits per heavy atom. The Hall–Kier alpha value is -2.40. The maximum atomic E-state index is 13.7. The number of ether oxygens (including phenoxy) is 1. The summed E-state index contributed by atoms with van der Waals surface area (Å²) in [6, 6.07) is 7.18. The molecular formula is C28H35NO4. The van der Waals surface area contributed by atoms with Crippen LogP contribution in [0.25, 0.3) is 0 Å². The number of Topliss-reactive ketones (excluding diaryl/α,β-unsaturated/α-hetero) is 2. The fourth-order valence-corrected chi connectivity index (χ4v) is 6.30. The summed E-state index contributed by atoms with van der Waals surface area (Å²) < 4.78 is 6.01. The van der Waals surface area contributed by atoms with Gasteiger partial charge in [0.2, 0.25) is 0 Å². The molecule has 4 aliphatic rings. The minimum absolute atomic E-state index is 0.0935. The predicted octanol–water partition coefficient (Wildman–Crippen LogP) is 5.26. The normalized spacial score (nSPS) is 27.2. The molecule has 0 aromatic heterocycles. The number of hydrogen-bond donors (Lipinski definition) is 1. The van der Waals surface area contributed by atoms with Gasteiger partial charge in [0, 0.05) is 60.0 Å². The third-order valence-electron chi connectivity index (χ3n) is 7.68. The summed E-state index contributed by atoms with van der Waals surface area (Å²) >= 11 is 0. The molecule has 0 bridgehead atoms. The standard InChI is InChI=1S/C28H35NO4/c1-27(2)12-19-25(22(31)14-27)24(18-9-5-6-10-21(18)30)26-20(13-28(3,4)15-23(26)32)29(19)16-17-8-7-11-33-17/h5-6,9-10,17,24,30H,7-8,11-16H2,1-4H3. The lowest BCUT2D eigenvalue weighted by atomic mass is 9.63. The minimum atomic E-state index is -0.496. The summed E-state index contributed by atoms with van der Waals surface area (Å²) in [5, 5.41) is 10.8. The maximum Gasteiger partial charge on any atom is 0.162 e. The number of carbonyl (C=O) groups excluding carboxylic acids is 2. The second kappa shape index (κ2) is 7.83. The van der Waals surface area contributed by atoms with E-state index in [1.54, 1.807) is 12.1 Å². The van der Waals surface area contributed by atoms with Gasteiger partial charge in [0.05, 0.1) is 6.10 Å². The van der Waals surface area contributed by atoms with Gasteiger partial charge in [-0.25, -0.2) is 0 Å². The first kappa shape index (κ1) is 22.4. The Morgan fingerprint density at radius 3 is 2.03 bits per heavy atom. The van der Waals surface area contributed by atoms with Crippen LogP contribution in [0.5, 0.6) is 5.75 Å². The van der Waals surface area contributed by atoms with Crippen molar-refractivity contribution in [3.8, 4) is 5.75 Å². The molecule has 2 heterocycles. The molecule has 5 nitrogen and oxygen atoms in total. The van der Waals surface area contributed by atoms with Crippen molar-refractivity contribution < 1.29 is 19.4 Å². The number of phenols is 1. The molecule has 2 aliphatic carbocycles. The average molecular weight is 450 g/mol. The Morgan fingerprint density at radius 2 is 1.52 bits per heavy atom. The molecule has 0 amide bonds. The van der Waals surface area contributed by atoms with Crippen LogP contribution in [0.3, 0.4) is 0 Å². The Balaban J connectivity index is 1.75. The molecule has 33 heavy (non-hydrogen) atoms. The van der Waals surface area contributed by atoms with Crippen LogP contribution in [0, 0.1) is 10.8 Å². The molecule has 5 rings (SSSR count). The van der Waals surface area contributed by atoms with Gasteiger partial charge in [-0.1, -0.05) is 45.9 Å². The van der Waals surface area contributed by atoms with Crippen LogP contribution in [0.4, 0.5) is 0 Å². The SMILES string of the molecule is CC1(C)CC(=O)C2=C(C1)N(CC1CCCO1)C1=C(C(=O)CC(C)(C)C1)C2c1ccccc1O. The zero-order valence-corrected chi connectivity index (χ0v) is 20.2. The van der Waals surface area contributed by atoms with E-state index in [1.807, 2.05) is 12.1 Å². The highest BCUT2D eigenvalue weighted by atomic mass is 16.5. The van der Waals surface area contributed by atoms with Crippen molar-refractivity contribution in [2.45, 2.75) is 78.2 Å². The molecule has 1 atom stereocenters. The number of aromatic hydroxyl groups is 1. The minimum Gasteiger partial charge on any atom is -0.508 e. The average Bonchev–Trinajstić information content (AvgIpc) is 3.21. The topological polar surface area (TPSA) is 66.8 Å². The van der Waals surface area contributed by atoms with Crippen LogP contribution < -0.4 is 0 Å². The molecule has 1 fully saturated rings. The quantitative estimate of drug-likeness (QED) is 0.682. The second-order valence-electron chi connectivity index (χ2n) is 11.8. The number of para-hydroxylation sites is 1. The number of nitrogens with zero attached hydrogens (tertiary/aromatic N) is 1. The van der Waals surface area contributed by atoms with Crippen LogP contribution in [-0.2, 0) is 14.3 Å². The summed E-state index contributed by atoms with van der Waals surface area (Å²) in [4.78, 5) is 29.7. The number of phenolic OH excluding ortho intramolecular Hbond substituents is 1. The number of benzene rings is 1. The number of rotatable bonds is 3. The van der Waals surface area contributed by atoms with Gasteiger partial charge >= 0.3 is 0 Å². The molecule has 0 saturated carbocycles. The van der Waals surface area contributed by atoms with E-state index in [1.165, 1.54) is 0 Å². The van der Waals surface area contributed by atoms with E-state index in [9.17, 15) is 14.7 Å². The van der Waals surface area contributed by atoms with Gasteiger partial charge in [-0.2, -0.15) is 0 Å². The van der Waals surface area contributed by atoms with E-state index in [4.69, 9.17) is 4.74 Å². The molecule has 1 aromatic rings. The molecule has 176 valence electrons. The molecule has 0 radical (unpaired) electrons. The largest absolute Gasteiger partial charge is 0.508 e. The van der Waals surface area contributed by atoms with Crippen molar-refractivity contribution in [2.75, 3.05) is 13.2 Å². The van der Waals surface area contributed by atoms with E-state index >= 15 is 0 Å². The van der Waals surface area contributed by atoms with Gasteiger partial charge in [0.25, 0.3) is 0 Å². The highest BCUT2D eigenvalue weighted by Crippen LogP contribution is 2.55. The van der Waals surface area contributed by atoms with Gasteiger partial charge < -0.3 is 14.7 Å². The highest BCUT2D eigenvalue weighted by molar-refractivity contribution is 6.07. The van der Waals surface area contributed by atoms with Crippen LogP contribution in [0.1, 0.15) is 77.7 Å². The molecule has 0 spiro atoms. The van der Waals surface area contributed by atoms with E-state index in [2.05, 4.69) is 32.6 Å². The van der Waals surface area contributed by atoms with Crippen molar-refractivity contribution in [1.82, 2.24) is 4.90 Å². The zero-order valence-electron chi connectivity index (χ0n) is 20.2. The lowest BCUT2D eigenvalue weighted by Crippen LogP contribution is -2.46. The maximum absolute atomic E-state index is 13.7. The number of hydrogen-bond acceptors (Lipinski definition) is 5. The van der Waals surface area contributed by atoms with Crippen LogP contribution in [0.2, 0.25) is 0 Å². The fraction of sp³-hybridized carbons (Fsp3) is 0.571. The summed E-state index contributed by atoms with van der Waals surface area (Å²) in [5.41, 5.74) is 3.84. The predicted molar refractivity (Wildman–Crippen MR) is 127 cm³/mol. The molecule has 1 saturated heterocycles. The molecule has 1 unspecified atom stereocenters. The zero-order chi connectivity index (χ0) is 23.5. The third-order valence-corrected chi connectivity index (χ3v) is 7.68. The van der Waals surface area contributed by atoms with Crippen molar-refractivity contribution in [1.29, 1.82) is 0 Å². The Kier molecular flexibility index (Phi) is 5.32. The lowest BCUT2D eigenvalue weighted by Gasteiger charge is -2.49. The van der Waals surface area contributed by atoms with Gasteiger partial charge in [-0.05, 0) is 42.6 Å². The van der Waals surface area contributed by atoms with E-state index < -0.39 is 5.92 Å². The van der Waals surface area contributed by atoms with Gasteiger partial charge in [0.15, 0.2) is 11.6 Å². The lowest BCUT2D eigenvalue weighted by molar-refractivity contribution is -0.119. The van der Waals surface area contributed by atoms with Gasteiger partial charge in [0.1, 0.15) is 5.75 Å². The monoisotopic (exact) mass is 449 g/mol. The van der Waals surface area contributed by atoms with E-state index in [-0.39, 0.29) is 34.2 Å². The van der Waals surface area contributed by atoms with Crippen LogP contribution >= 0.6 is 0 Å². The molecule has 1 N–H and O–H groups in total. The molecule has 5 heteroatoms.